The van der Waals surface area contributed by atoms with Crippen LogP contribution in [0.4, 0.5) is 14.9 Å². The van der Waals surface area contributed by atoms with E-state index in [2.05, 4.69) is 10.3 Å². The Morgan fingerprint density at radius 3 is 2.55 bits per heavy atom. The highest BCUT2D eigenvalue weighted by atomic mass is 19.1. The fourth-order valence-corrected chi connectivity index (χ4v) is 2.88. The van der Waals surface area contributed by atoms with Gasteiger partial charge in [-0.1, -0.05) is 0 Å². The van der Waals surface area contributed by atoms with Gasteiger partial charge >= 0.3 is 12.1 Å². The van der Waals surface area contributed by atoms with Crippen molar-refractivity contribution in [1.29, 1.82) is 0 Å². The second-order valence-corrected chi connectivity index (χ2v) is 8.71. The number of hydrogen-bond donors (Lipinski definition) is 1. The SMILES string of the molecule is CCN(C)C=Nc1cc(C)c(C2(OC(=O)[C@H](C)NC(=O)OC(C)(C)C)COC2)cc1F. The molecule has 0 spiro atoms. The van der Waals surface area contributed by atoms with E-state index in [0.29, 0.717) is 5.56 Å². The monoisotopic (exact) mass is 437 g/mol. The predicted octanol–water partition coefficient (Wildman–Crippen LogP) is 3.43. The minimum Gasteiger partial charge on any atom is -0.448 e. The maximum Gasteiger partial charge on any atom is 0.408 e. The number of aliphatic imine (C=N–C) groups is 1. The van der Waals surface area contributed by atoms with E-state index in [9.17, 15) is 14.0 Å². The van der Waals surface area contributed by atoms with Crippen molar-refractivity contribution in [3.05, 3.63) is 29.1 Å². The number of nitrogens with one attached hydrogen (secondary N) is 1. The third-order valence-electron chi connectivity index (χ3n) is 4.73. The molecule has 1 heterocycles. The molecule has 1 atom stereocenters. The Bertz CT molecular complexity index is 846. The van der Waals surface area contributed by atoms with Crippen LogP contribution in [0, 0.1) is 12.7 Å². The molecule has 31 heavy (non-hydrogen) atoms. The van der Waals surface area contributed by atoms with E-state index < -0.39 is 35.1 Å². The highest BCUT2D eigenvalue weighted by molar-refractivity contribution is 5.81. The van der Waals surface area contributed by atoms with Crippen LogP contribution in [0.15, 0.2) is 17.1 Å². The molecule has 0 aliphatic carbocycles. The van der Waals surface area contributed by atoms with Crippen LogP contribution >= 0.6 is 0 Å². The first-order valence-electron chi connectivity index (χ1n) is 10.2. The number of nitrogens with zero attached hydrogens (tertiary/aromatic N) is 2. The van der Waals surface area contributed by atoms with Gasteiger partial charge in [0.2, 0.25) is 0 Å². The number of hydrogen-bond acceptors (Lipinski definition) is 6. The maximum atomic E-state index is 14.7. The summed E-state index contributed by atoms with van der Waals surface area (Å²) in [6.07, 6.45) is 0.835. The van der Waals surface area contributed by atoms with Gasteiger partial charge in [-0.15, -0.1) is 0 Å². The van der Waals surface area contributed by atoms with Crippen molar-refractivity contribution in [1.82, 2.24) is 10.2 Å². The Kier molecular flexibility index (Phi) is 7.64. The van der Waals surface area contributed by atoms with E-state index in [1.807, 2.05) is 18.9 Å². The molecule has 0 saturated carbocycles. The zero-order valence-electron chi connectivity index (χ0n) is 19.2. The summed E-state index contributed by atoms with van der Waals surface area (Å²) < 4.78 is 30.9. The second-order valence-electron chi connectivity index (χ2n) is 8.71. The lowest BCUT2D eigenvalue weighted by Gasteiger charge is -2.42. The van der Waals surface area contributed by atoms with E-state index in [-0.39, 0.29) is 18.9 Å². The first kappa shape index (κ1) is 24.6. The summed E-state index contributed by atoms with van der Waals surface area (Å²) in [5.74, 6) is -1.19. The zero-order valence-corrected chi connectivity index (χ0v) is 19.2. The van der Waals surface area contributed by atoms with Crippen LogP contribution < -0.4 is 5.32 Å². The molecule has 1 aromatic carbocycles. The Labute approximate surface area is 182 Å². The van der Waals surface area contributed by atoms with Crippen molar-refractivity contribution in [2.45, 2.75) is 58.8 Å². The molecule has 8 nitrogen and oxygen atoms in total. The Hall–Kier alpha value is -2.68. The number of amides is 1. The molecule has 1 N–H and O–H groups in total. The number of carbonyl (C=O) groups excluding carboxylic acids is 2. The third kappa shape index (κ3) is 6.40. The van der Waals surface area contributed by atoms with E-state index in [1.165, 1.54) is 13.0 Å². The van der Waals surface area contributed by atoms with E-state index in [1.54, 1.807) is 40.1 Å². The van der Waals surface area contributed by atoms with Gasteiger partial charge in [0.05, 0.1) is 19.6 Å². The standard InChI is InChI=1S/C22H32FN3O5/c1-8-26(7)13-24-18-9-14(2)16(10-17(18)23)22(11-29-12-22)30-19(27)15(3)25-20(28)31-21(4,5)6/h9-10,13,15H,8,11-12H2,1-7H3,(H,25,28)/t15-/m0/s1. The van der Waals surface area contributed by atoms with Crippen LogP contribution in [-0.4, -0.2) is 61.8 Å². The number of aryl methyl sites for hydroxylation is 1. The summed E-state index contributed by atoms with van der Waals surface area (Å²) in [5.41, 5.74) is -0.382. The summed E-state index contributed by atoms with van der Waals surface area (Å²) in [7, 11) is 1.84. The first-order valence-corrected chi connectivity index (χ1v) is 10.2. The van der Waals surface area contributed by atoms with Crippen molar-refractivity contribution in [2.75, 3.05) is 26.8 Å². The minimum absolute atomic E-state index is 0.0966. The summed E-state index contributed by atoms with van der Waals surface area (Å²) >= 11 is 0. The number of ether oxygens (including phenoxy) is 3. The lowest BCUT2D eigenvalue weighted by molar-refractivity contribution is -0.219. The molecule has 172 valence electrons. The normalized spacial score (nSPS) is 16.4. The molecular formula is C22H32FN3O5. The molecule has 0 unspecified atom stereocenters. The topological polar surface area (TPSA) is 89.5 Å². The highest BCUT2D eigenvalue weighted by Crippen LogP contribution is 2.38. The Morgan fingerprint density at radius 2 is 2.03 bits per heavy atom. The highest BCUT2D eigenvalue weighted by Gasteiger charge is 2.46. The molecule has 1 aromatic rings. The summed E-state index contributed by atoms with van der Waals surface area (Å²) in [6, 6.07) is 1.99. The number of esters is 1. The minimum atomic E-state index is -1.12. The number of benzene rings is 1. The number of rotatable bonds is 7. The molecule has 1 fully saturated rings. The molecule has 1 saturated heterocycles. The van der Waals surface area contributed by atoms with Crippen molar-refractivity contribution in [3.63, 3.8) is 0 Å². The number of carbonyl (C=O) groups is 2. The lowest BCUT2D eigenvalue weighted by atomic mass is 9.87. The number of halogens is 1. The van der Waals surface area contributed by atoms with Crippen molar-refractivity contribution in [3.8, 4) is 0 Å². The molecule has 0 bridgehead atoms. The quantitative estimate of drug-likeness (QED) is 0.399. The van der Waals surface area contributed by atoms with Gasteiger partial charge in [0, 0.05) is 19.2 Å². The third-order valence-corrected chi connectivity index (χ3v) is 4.73. The smallest absolute Gasteiger partial charge is 0.408 e. The summed E-state index contributed by atoms with van der Waals surface area (Å²) in [6.45, 7) is 11.4. The van der Waals surface area contributed by atoms with Gasteiger partial charge < -0.3 is 24.4 Å². The van der Waals surface area contributed by atoms with E-state index in [4.69, 9.17) is 14.2 Å². The van der Waals surface area contributed by atoms with Crippen LogP contribution in [0.25, 0.3) is 0 Å². The van der Waals surface area contributed by atoms with Crippen molar-refractivity contribution >= 4 is 24.1 Å². The fraction of sp³-hybridized carbons (Fsp3) is 0.591. The van der Waals surface area contributed by atoms with Crippen molar-refractivity contribution in [2.24, 2.45) is 4.99 Å². The fourth-order valence-electron chi connectivity index (χ4n) is 2.88. The molecule has 1 amide bonds. The van der Waals surface area contributed by atoms with Gasteiger partial charge in [0.15, 0.2) is 5.60 Å². The van der Waals surface area contributed by atoms with Gasteiger partial charge in [-0.2, -0.15) is 0 Å². The molecule has 1 aliphatic heterocycles. The van der Waals surface area contributed by atoms with Crippen LogP contribution in [0.3, 0.4) is 0 Å². The van der Waals surface area contributed by atoms with Gasteiger partial charge in [-0.25, -0.2) is 19.0 Å². The van der Waals surface area contributed by atoms with Gasteiger partial charge in [0.1, 0.15) is 23.1 Å². The molecule has 9 heteroatoms. The average molecular weight is 438 g/mol. The van der Waals surface area contributed by atoms with Crippen molar-refractivity contribution < 1.29 is 28.2 Å². The molecule has 0 aromatic heterocycles. The van der Waals surface area contributed by atoms with Gasteiger partial charge in [0.25, 0.3) is 0 Å². The van der Waals surface area contributed by atoms with E-state index in [0.717, 1.165) is 12.1 Å². The molecule has 1 aliphatic rings. The maximum absolute atomic E-state index is 14.7. The predicted molar refractivity (Wildman–Crippen MR) is 115 cm³/mol. The van der Waals surface area contributed by atoms with Gasteiger partial charge in [-0.05, 0) is 59.2 Å². The zero-order chi connectivity index (χ0) is 23.4. The summed E-state index contributed by atoms with van der Waals surface area (Å²) in [5, 5.41) is 2.45. The largest absolute Gasteiger partial charge is 0.448 e. The van der Waals surface area contributed by atoms with Crippen LogP contribution in [0.2, 0.25) is 0 Å². The van der Waals surface area contributed by atoms with E-state index >= 15 is 0 Å². The number of alkyl carbamates (subject to hydrolysis) is 1. The Balaban J connectivity index is 2.17. The summed E-state index contributed by atoms with van der Waals surface area (Å²) in [4.78, 5) is 30.6. The lowest BCUT2D eigenvalue weighted by Crippen LogP contribution is -2.53. The van der Waals surface area contributed by atoms with Gasteiger partial charge in [-0.3, -0.25) is 0 Å². The van der Waals surface area contributed by atoms with Crippen LogP contribution in [-0.2, 0) is 24.6 Å². The van der Waals surface area contributed by atoms with Crippen LogP contribution in [0.5, 0.6) is 0 Å². The molecule has 0 radical (unpaired) electrons. The van der Waals surface area contributed by atoms with Crippen LogP contribution in [0.1, 0.15) is 45.7 Å². The average Bonchev–Trinajstić information content (AvgIpc) is 2.63. The first-order chi connectivity index (χ1) is 14.4. The molecule has 2 rings (SSSR count). The molecular weight excluding hydrogens is 405 g/mol. The Morgan fingerprint density at radius 1 is 1.39 bits per heavy atom. The second kappa shape index (κ2) is 9.64.